The summed E-state index contributed by atoms with van der Waals surface area (Å²) in [6.45, 7) is 0. The molecule has 0 amide bonds. The quantitative estimate of drug-likeness (QED) is 0.164. The van der Waals surface area contributed by atoms with Gasteiger partial charge in [0, 0.05) is 38.2 Å². The number of furan rings is 2. The first-order valence-electron chi connectivity index (χ1n) is 19.4. The standard InChI is InChI=1S/C53H31N3O2/c1-2-12-32(13-3-1)51-54-52(56-53(55-51)37-25-27-47-44(31-37)42-20-8-9-22-46(42)57-47)36-16-10-15-33(28-36)39-21-11-23-49-50(39)45-30-35(24-26-48(45)58-49)43-29-34-14-4-5-17-38(34)40-18-6-7-19-41(40)43/h1-31H. The van der Waals surface area contributed by atoms with Crippen LogP contribution in [0.25, 0.3) is 122 Å². The first kappa shape index (κ1) is 32.4. The van der Waals surface area contributed by atoms with Crippen molar-refractivity contribution in [3.8, 4) is 56.4 Å². The Balaban J connectivity index is 1.01. The van der Waals surface area contributed by atoms with Crippen molar-refractivity contribution in [2.45, 2.75) is 0 Å². The van der Waals surface area contributed by atoms with E-state index < -0.39 is 0 Å². The van der Waals surface area contributed by atoms with Crippen molar-refractivity contribution in [2.24, 2.45) is 0 Å². The number of fused-ring (bicyclic) bond motifs is 9. The van der Waals surface area contributed by atoms with Crippen LogP contribution < -0.4 is 0 Å². The summed E-state index contributed by atoms with van der Waals surface area (Å²) in [7, 11) is 0. The lowest BCUT2D eigenvalue weighted by Gasteiger charge is -2.11. The van der Waals surface area contributed by atoms with Gasteiger partial charge in [0.15, 0.2) is 17.5 Å². The number of benzene rings is 9. The van der Waals surface area contributed by atoms with Gasteiger partial charge in [0.1, 0.15) is 22.3 Å². The highest BCUT2D eigenvalue weighted by molar-refractivity contribution is 6.17. The molecule has 5 heteroatoms. The van der Waals surface area contributed by atoms with Crippen molar-refractivity contribution in [3.05, 3.63) is 188 Å². The summed E-state index contributed by atoms with van der Waals surface area (Å²) in [6, 6.07) is 65.3. The predicted octanol–water partition coefficient (Wildman–Crippen LogP) is 14.3. The van der Waals surface area contributed by atoms with E-state index in [4.69, 9.17) is 23.8 Å². The molecule has 0 saturated carbocycles. The third-order valence-electron chi connectivity index (χ3n) is 11.3. The van der Waals surface area contributed by atoms with E-state index in [1.54, 1.807) is 0 Å². The van der Waals surface area contributed by atoms with Crippen molar-refractivity contribution in [1.82, 2.24) is 15.0 Å². The Morgan fingerprint density at radius 3 is 1.66 bits per heavy atom. The highest BCUT2D eigenvalue weighted by atomic mass is 16.3. The molecule has 0 aliphatic carbocycles. The average Bonchev–Trinajstić information content (AvgIpc) is 3.87. The zero-order chi connectivity index (χ0) is 38.2. The molecule has 5 nitrogen and oxygen atoms in total. The van der Waals surface area contributed by atoms with E-state index in [0.29, 0.717) is 17.5 Å². The fourth-order valence-corrected chi connectivity index (χ4v) is 8.57. The predicted molar refractivity (Wildman–Crippen MR) is 237 cm³/mol. The largest absolute Gasteiger partial charge is 0.456 e. The molecule has 0 aliphatic rings. The first-order valence-corrected chi connectivity index (χ1v) is 19.4. The van der Waals surface area contributed by atoms with E-state index in [2.05, 4.69) is 127 Å². The fraction of sp³-hybridized carbons (Fsp3) is 0. The molecule has 0 fully saturated rings. The van der Waals surface area contributed by atoms with Crippen molar-refractivity contribution in [2.75, 3.05) is 0 Å². The Morgan fingerprint density at radius 2 is 0.810 bits per heavy atom. The molecule has 0 bridgehead atoms. The van der Waals surface area contributed by atoms with Gasteiger partial charge < -0.3 is 8.83 Å². The number of rotatable bonds is 5. The van der Waals surface area contributed by atoms with Crippen molar-refractivity contribution in [1.29, 1.82) is 0 Å². The Morgan fingerprint density at radius 1 is 0.276 bits per heavy atom. The Bertz CT molecular complexity index is 3580. The fourth-order valence-electron chi connectivity index (χ4n) is 8.57. The number of hydrogen-bond acceptors (Lipinski definition) is 5. The van der Waals surface area contributed by atoms with Crippen LogP contribution in [0.15, 0.2) is 197 Å². The molecule has 0 N–H and O–H groups in total. The molecule has 0 radical (unpaired) electrons. The van der Waals surface area contributed by atoms with Gasteiger partial charge in [-0.2, -0.15) is 0 Å². The van der Waals surface area contributed by atoms with Gasteiger partial charge in [-0.15, -0.1) is 0 Å². The molecule has 12 aromatic rings. The maximum atomic E-state index is 6.52. The van der Waals surface area contributed by atoms with Crippen LogP contribution >= 0.6 is 0 Å². The molecular weight excluding hydrogens is 711 g/mol. The number of nitrogens with zero attached hydrogens (tertiary/aromatic N) is 3. The van der Waals surface area contributed by atoms with Crippen LogP contribution in [0.3, 0.4) is 0 Å². The van der Waals surface area contributed by atoms with Crippen LogP contribution in [0.2, 0.25) is 0 Å². The van der Waals surface area contributed by atoms with Gasteiger partial charge in [-0.1, -0.05) is 133 Å². The summed E-state index contributed by atoms with van der Waals surface area (Å²) >= 11 is 0. The summed E-state index contributed by atoms with van der Waals surface area (Å²) in [6.07, 6.45) is 0. The molecule has 0 aliphatic heterocycles. The molecular formula is C53H31N3O2. The highest BCUT2D eigenvalue weighted by Gasteiger charge is 2.18. The third kappa shape index (κ3) is 5.21. The number of para-hydroxylation sites is 1. The van der Waals surface area contributed by atoms with E-state index in [1.165, 1.54) is 27.1 Å². The summed E-state index contributed by atoms with van der Waals surface area (Å²) < 4.78 is 12.7. The first-order chi connectivity index (χ1) is 28.7. The Labute approximate surface area is 332 Å². The van der Waals surface area contributed by atoms with Crippen LogP contribution in [0.5, 0.6) is 0 Å². The van der Waals surface area contributed by atoms with Crippen LogP contribution in [-0.2, 0) is 0 Å². The summed E-state index contributed by atoms with van der Waals surface area (Å²) in [5.74, 6) is 1.80. The van der Waals surface area contributed by atoms with Gasteiger partial charge >= 0.3 is 0 Å². The molecule has 0 atom stereocenters. The lowest BCUT2D eigenvalue weighted by molar-refractivity contribution is 0.668. The molecule has 9 aromatic carbocycles. The monoisotopic (exact) mass is 741 g/mol. The van der Waals surface area contributed by atoms with Gasteiger partial charge in [-0.25, -0.2) is 15.0 Å². The second kappa shape index (κ2) is 12.8. The number of hydrogen-bond donors (Lipinski definition) is 0. The van der Waals surface area contributed by atoms with Gasteiger partial charge in [0.2, 0.25) is 0 Å². The van der Waals surface area contributed by atoms with Crippen LogP contribution in [0.1, 0.15) is 0 Å². The van der Waals surface area contributed by atoms with E-state index in [0.717, 1.165) is 77.3 Å². The normalized spacial score (nSPS) is 11.8. The minimum atomic E-state index is 0.595. The van der Waals surface area contributed by atoms with E-state index >= 15 is 0 Å². The van der Waals surface area contributed by atoms with Gasteiger partial charge in [0.05, 0.1) is 0 Å². The average molecular weight is 742 g/mol. The number of aromatic nitrogens is 3. The highest BCUT2D eigenvalue weighted by Crippen LogP contribution is 2.42. The Hall–Kier alpha value is -7.89. The maximum Gasteiger partial charge on any atom is 0.164 e. The SMILES string of the molecule is c1ccc(-c2nc(-c3cccc(-c4cccc5oc6ccc(-c7cc8ccccc8c8ccccc78)cc6c45)c3)nc(-c3ccc4oc5ccccc5c4c3)n2)cc1. The van der Waals surface area contributed by atoms with Crippen LogP contribution in [-0.4, -0.2) is 15.0 Å². The van der Waals surface area contributed by atoms with E-state index in [-0.39, 0.29) is 0 Å². The molecule has 58 heavy (non-hydrogen) atoms. The van der Waals surface area contributed by atoms with Gasteiger partial charge in [0.25, 0.3) is 0 Å². The molecule has 0 unspecified atom stereocenters. The minimum Gasteiger partial charge on any atom is -0.456 e. The second-order valence-corrected chi connectivity index (χ2v) is 14.7. The third-order valence-corrected chi connectivity index (χ3v) is 11.3. The molecule has 0 saturated heterocycles. The Kier molecular flexibility index (Phi) is 7.16. The van der Waals surface area contributed by atoms with Crippen molar-refractivity contribution < 1.29 is 8.83 Å². The summed E-state index contributed by atoms with van der Waals surface area (Å²) in [5, 5.41) is 9.18. The molecule has 0 spiro atoms. The second-order valence-electron chi connectivity index (χ2n) is 14.7. The zero-order valence-electron chi connectivity index (χ0n) is 31.1. The van der Waals surface area contributed by atoms with Crippen LogP contribution in [0, 0.1) is 0 Å². The lowest BCUT2D eigenvalue weighted by atomic mass is 9.92. The van der Waals surface area contributed by atoms with Crippen LogP contribution in [0.4, 0.5) is 0 Å². The topological polar surface area (TPSA) is 65.0 Å². The molecule has 3 aromatic heterocycles. The molecule has 3 heterocycles. The summed E-state index contributed by atoms with van der Waals surface area (Å²) in [5.41, 5.74) is 10.5. The lowest BCUT2D eigenvalue weighted by Crippen LogP contribution is -2.00. The molecule has 270 valence electrons. The van der Waals surface area contributed by atoms with Gasteiger partial charge in [-0.05, 0) is 98.4 Å². The minimum absolute atomic E-state index is 0.595. The maximum absolute atomic E-state index is 6.52. The van der Waals surface area contributed by atoms with Crippen molar-refractivity contribution >= 4 is 65.4 Å². The van der Waals surface area contributed by atoms with Gasteiger partial charge in [-0.3, -0.25) is 0 Å². The molecule has 12 rings (SSSR count). The van der Waals surface area contributed by atoms with E-state index in [1.807, 2.05) is 60.7 Å². The summed E-state index contributed by atoms with van der Waals surface area (Å²) in [4.78, 5) is 15.2. The van der Waals surface area contributed by atoms with Crippen molar-refractivity contribution in [3.63, 3.8) is 0 Å². The van der Waals surface area contributed by atoms with E-state index in [9.17, 15) is 0 Å². The zero-order valence-corrected chi connectivity index (χ0v) is 31.1. The smallest absolute Gasteiger partial charge is 0.164 e.